The Balaban J connectivity index is 1.35. The Hall–Kier alpha value is -4.22. The smallest absolute Gasteiger partial charge is 0.297 e. The first kappa shape index (κ1) is 24.5. The molecule has 1 aliphatic rings. The van der Waals surface area contributed by atoms with Gasteiger partial charge in [0.15, 0.2) is 17.3 Å². The summed E-state index contributed by atoms with van der Waals surface area (Å²) in [5, 5.41) is 7.87. The van der Waals surface area contributed by atoms with E-state index in [1.807, 2.05) is 31.3 Å². The Morgan fingerprint density at radius 1 is 1.16 bits per heavy atom. The Bertz CT molecular complexity index is 1410. The van der Waals surface area contributed by atoms with Gasteiger partial charge in [-0.1, -0.05) is 6.07 Å². The minimum Gasteiger partial charge on any atom is -0.481 e. The lowest BCUT2D eigenvalue weighted by Gasteiger charge is -2.23. The van der Waals surface area contributed by atoms with E-state index in [4.69, 9.17) is 9.72 Å². The van der Waals surface area contributed by atoms with Gasteiger partial charge >= 0.3 is 0 Å². The number of nitrogens with zero attached hydrogens (tertiary/aromatic N) is 7. The second kappa shape index (κ2) is 10.4. The fraction of sp³-hybridized carbons (Fsp3) is 0.360. The number of rotatable bonds is 5. The number of pyridine rings is 2. The molecule has 0 radical (unpaired) electrons. The summed E-state index contributed by atoms with van der Waals surface area (Å²) < 4.78 is 33.1. The van der Waals surface area contributed by atoms with E-state index < -0.39 is 12.2 Å². The van der Waals surface area contributed by atoms with E-state index >= 15 is 0 Å². The van der Waals surface area contributed by atoms with E-state index in [9.17, 15) is 13.6 Å². The third-order valence-corrected chi connectivity index (χ3v) is 6.20. The van der Waals surface area contributed by atoms with Gasteiger partial charge in [0.05, 0.1) is 31.6 Å². The quantitative estimate of drug-likeness (QED) is 0.435. The molecule has 0 saturated carbocycles. The molecule has 0 spiro atoms. The molecule has 37 heavy (non-hydrogen) atoms. The van der Waals surface area contributed by atoms with E-state index in [-0.39, 0.29) is 30.6 Å². The lowest BCUT2D eigenvalue weighted by molar-refractivity contribution is -0.130. The number of alkyl halides is 2. The fourth-order valence-corrected chi connectivity index (χ4v) is 4.29. The number of aryl methyl sites for hydroxylation is 2. The number of nitrogens with one attached hydrogen (secondary N) is 1. The molecule has 4 aromatic heterocycles. The first-order chi connectivity index (χ1) is 17.9. The zero-order chi connectivity index (χ0) is 25.9. The summed E-state index contributed by atoms with van der Waals surface area (Å²) in [4.78, 5) is 31.6. The van der Waals surface area contributed by atoms with Crippen molar-refractivity contribution in [2.24, 2.45) is 0 Å². The van der Waals surface area contributed by atoms with Crippen LogP contribution in [0.15, 0.2) is 36.5 Å². The molecule has 0 bridgehead atoms. The zero-order valence-electron chi connectivity index (χ0n) is 20.5. The van der Waals surface area contributed by atoms with Crippen molar-refractivity contribution in [1.29, 1.82) is 0 Å². The van der Waals surface area contributed by atoms with Crippen LogP contribution in [0.3, 0.4) is 0 Å². The second-order valence-corrected chi connectivity index (χ2v) is 8.75. The number of anilines is 1. The van der Waals surface area contributed by atoms with Gasteiger partial charge in [-0.15, -0.1) is 5.10 Å². The molecule has 4 aromatic rings. The lowest BCUT2D eigenvalue weighted by atomic mass is 10.0. The number of halogens is 2. The molecular weight excluding hydrogens is 482 g/mol. The summed E-state index contributed by atoms with van der Waals surface area (Å²) in [7, 11) is 1.33. The molecule has 12 heteroatoms. The average Bonchev–Trinajstić information content (AvgIpc) is 3.35. The summed E-state index contributed by atoms with van der Waals surface area (Å²) >= 11 is 0. The largest absolute Gasteiger partial charge is 0.481 e. The predicted octanol–water partition coefficient (Wildman–Crippen LogP) is 3.61. The molecule has 192 valence electrons. The van der Waals surface area contributed by atoms with Crippen molar-refractivity contribution >= 4 is 17.4 Å². The predicted molar refractivity (Wildman–Crippen MR) is 131 cm³/mol. The first-order valence-electron chi connectivity index (χ1n) is 11.9. The molecular formula is C25H26F2N8O2. The topological polar surface area (TPSA) is 110 Å². The van der Waals surface area contributed by atoms with Crippen LogP contribution < -0.4 is 10.1 Å². The summed E-state index contributed by atoms with van der Waals surface area (Å²) in [6.07, 6.45) is 1.25. The van der Waals surface area contributed by atoms with Crippen LogP contribution in [-0.2, 0) is 17.6 Å². The molecule has 0 unspecified atom stereocenters. The van der Waals surface area contributed by atoms with E-state index in [0.29, 0.717) is 18.2 Å². The van der Waals surface area contributed by atoms with Crippen LogP contribution >= 0.6 is 0 Å². The van der Waals surface area contributed by atoms with Crippen molar-refractivity contribution < 1.29 is 18.3 Å². The molecule has 1 N–H and O–H groups in total. The van der Waals surface area contributed by atoms with Gasteiger partial charge in [-0.25, -0.2) is 28.2 Å². The molecule has 5 heterocycles. The van der Waals surface area contributed by atoms with Crippen molar-refractivity contribution in [2.75, 3.05) is 25.6 Å². The molecule has 1 amide bonds. The highest BCUT2D eigenvalue weighted by molar-refractivity contribution is 5.78. The summed E-state index contributed by atoms with van der Waals surface area (Å²) in [5.41, 5.74) is 3.60. The molecule has 0 aromatic carbocycles. The SMILES string of the molecule is COc1cc(CC(=O)N2CCCCc3cc(-c4nc5ccccn5n4)c(C)nc3NC2)nc(C(F)F)n1. The molecule has 0 aliphatic carbocycles. The number of carbonyl (C=O) groups is 1. The van der Waals surface area contributed by atoms with Crippen LogP contribution in [0.2, 0.25) is 0 Å². The maximum absolute atomic E-state index is 13.2. The monoisotopic (exact) mass is 508 g/mol. The molecule has 5 rings (SSSR count). The zero-order valence-corrected chi connectivity index (χ0v) is 20.5. The minimum atomic E-state index is -2.86. The Morgan fingerprint density at radius 3 is 2.81 bits per heavy atom. The maximum atomic E-state index is 13.2. The number of hydrogen-bond donors (Lipinski definition) is 1. The maximum Gasteiger partial charge on any atom is 0.297 e. The highest BCUT2D eigenvalue weighted by Gasteiger charge is 2.21. The van der Waals surface area contributed by atoms with Crippen LogP contribution in [0, 0.1) is 6.92 Å². The number of fused-ring (bicyclic) bond motifs is 2. The van der Waals surface area contributed by atoms with Gasteiger partial charge in [0.25, 0.3) is 6.43 Å². The Kier molecular flexibility index (Phi) is 6.89. The summed E-state index contributed by atoms with van der Waals surface area (Å²) in [6.45, 7) is 2.65. The van der Waals surface area contributed by atoms with Gasteiger partial charge in [0, 0.05) is 24.4 Å². The normalized spacial score (nSPS) is 14.0. The van der Waals surface area contributed by atoms with Crippen molar-refractivity contribution in [2.45, 2.75) is 39.0 Å². The van der Waals surface area contributed by atoms with Crippen LogP contribution in [0.5, 0.6) is 5.88 Å². The van der Waals surface area contributed by atoms with E-state index in [0.717, 1.165) is 41.7 Å². The van der Waals surface area contributed by atoms with Crippen molar-refractivity contribution in [3.05, 3.63) is 59.3 Å². The van der Waals surface area contributed by atoms with Gasteiger partial charge in [0.1, 0.15) is 5.82 Å². The highest BCUT2D eigenvalue weighted by atomic mass is 19.3. The van der Waals surface area contributed by atoms with Crippen LogP contribution in [0.4, 0.5) is 14.6 Å². The molecule has 0 atom stereocenters. The third kappa shape index (κ3) is 5.32. The number of ether oxygens (including phenoxy) is 1. The van der Waals surface area contributed by atoms with Crippen molar-refractivity contribution in [3.63, 3.8) is 0 Å². The molecule has 10 nitrogen and oxygen atoms in total. The minimum absolute atomic E-state index is 0.000182. The van der Waals surface area contributed by atoms with Gasteiger partial charge in [-0.05, 0) is 49.9 Å². The number of hydrogen-bond acceptors (Lipinski definition) is 8. The Labute approximate surface area is 211 Å². The number of amides is 1. The summed E-state index contributed by atoms with van der Waals surface area (Å²) in [5.74, 6) is 0.418. The Morgan fingerprint density at radius 2 is 2.03 bits per heavy atom. The second-order valence-electron chi connectivity index (χ2n) is 8.75. The fourth-order valence-electron chi connectivity index (χ4n) is 4.29. The standard InChI is InChI=1S/C25H26F2N8O2/c1-15-18(24-31-19-8-4-6-10-35(19)33-24)11-16-7-3-5-9-34(14-28-23(16)29-15)21(36)13-17-12-20(37-2)32-25(30-17)22(26)27/h4,6,8,10-12,22H,3,5,7,9,13-14H2,1-2H3,(H,28,29). The molecule has 1 aliphatic heterocycles. The van der Waals surface area contributed by atoms with Gasteiger partial charge in [-0.3, -0.25) is 4.79 Å². The lowest BCUT2D eigenvalue weighted by Crippen LogP contribution is -2.37. The number of aromatic nitrogens is 6. The van der Waals surface area contributed by atoms with Gasteiger partial charge < -0.3 is 15.0 Å². The van der Waals surface area contributed by atoms with E-state index in [2.05, 4.69) is 31.4 Å². The third-order valence-electron chi connectivity index (χ3n) is 6.20. The number of carbonyl (C=O) groups excluding carboxylic acids is 1. The van der Waals surface area contributed by atoms with Crippen molar-refractivity contribution in [3.8, 4) is 17.3 Å². The molecule has 0 saturated heterocycles. The van der Waals surface area contributed by atoms with Crippen LogP contribution in [0.1, 0.15) is 42.0 Å². The van der Waals surface area contributed by atoms with Gasteiger partial charge in [0.2, 0.25) is 11.8 Å². The van der Waals surface area contributed by atoms with Crippen molar-refractivity contribution in [1.82, 2.24) is 34.4 Å². The van der Waals surface area contributed by atoms with Crippen LogP contribution in [0.25, 0.3) is 17.0 Å². The average molecular weight is 509 g/mol. The van der Waals surface area contributed by atoms with Gasteiger partial charge in [-0.2, -0.15) is 4.98 Å². The highest BCUT2D eigenvalue weighted by Crippen LogP contribution is 2.27. The van der Waals surface area contributed by atoms with E-state index in [1.165, 1.54) is 13.2 Å². The number of methoxy groups -OCH3 is 1. The molecule has 0 fully saturated rings. The first-order valence-corrected chi connectivity index (χ1v) is 11.9. The van der Waals surface area contributed by atoms with Crippen LogP contribution in [-0.4, -0.2) is 60.7 Å². The van der Waals surface area contributed by atoms with E-state index in [1.54, 1.807) is 9.42 Å². The summed E-state index contributed by atoms with van der Waals surface area (Å²) in [6, 6.07) is 9.18.